The van der Waals surface area contributed by atoms with Gasteiger partial charge in [0.1, 0.15) is 0 Å². The fraction of sp³-hybridized carbons (Fsp3) is 0.188. The molecule has 0 unspecified atom stereocenters. The number of amides is 1. The largest absolute Gasteiger partial charge is 0.398 e. The van der Waals surface area contributed by atoms with Crippen LogP contribution in [0.1, 0.15) is 21.5 Å². The fourth-order valence-electron chi connectivity index (χ4n) is 2.06. The summed E-state index contributed by atoms with van der Waals surface area (Å²) in [5.74, 6) is -0.130. The van der Waals surface area contributed by atoms with Gasteiger partial charge in [-0.3, -0.25) is 4.79 Å². The lowest BCUT2D eigenvalue weighted by Gasteiger charge is -2.10. The minimum atomic E-state index is -0.130. The first-order valence-electron chi connectivity index (χ1n) is 6.45. The summed E-state index contributed by atoms with van der Waals surface area (Å²) >= 11 is 5.83. The molecule has 4 heteroatoms. The highest BCUT2D eigenvalue weighted by Gasteiger charge is 2.11. The van der Waals surface area contributed by atoms with Gasteiger partial charge < -0.3 is 11.1 Å². The van der Waals surface area contributed by atoms with Gasteiger partial charge in [0, 0.05) is 17.3 Å². The minimum absolute atomic E-state index is 0.130. The number of hydrogen-bond acceptors (Lipinski definition) is 2. The van der Waals surface area contributed by atoms with E-state index in [0.29, 0.717) is 22.8 Å². The van der Waals surface area contributed by atoms with Crippen LogP contribution < -0.4 is 11.1 Å². The van der Waals surface area contributed by atoms with E-state index in [1.165, 1.54) is 0 Å². The Hall–Kier alpha value is -2.00. The van der Waals surface area contributed by atoms with Crippen LogP contribution in [0.15, 0.2) is 42.5 Å². The zero-order chi connectivity index (χ0) is 14.5. The molecule has 3 nitrogen and oxygen atoms in total. The van der Waals surface area contributed by atoms with Crippen LogP contribution in [0.4, 0.5) is 5.69 Å². The highest BCUT2D eigenvalue weighted by atomic mass is 35.5. The number of nitrogen functional groups attached to an aromatic ring is 1. The molecule has 2 aromatic rings. The normalized spacial score (nSPS) is 10.3. The highest BCUT2D eigenvalue weighted by Crippen LogP contribution is 2.16. The van der Waals surface area contributed by atoms with Gasteiger partial charge in [0.2, 0.25) is 0 Å². The van der Waals surface area contributed by atoms with E-state index in [2.05, 4.69) is 5.32 Å². The molecule has 0 bridgehead atoms. The molecule has 3 N–H and O–H groups in total. The number of carbonyl (C=O) groups is 1. The Morgan fingerprint density at radius 2 is 1.90 bits per heavy atom. The van der Waals surface area contributed by atoms with E-state index >= 15 is 0 Å². The molecule has 0 atom stereocenters. The van der Waals surface area contributed by atoms with Crippen LogP contribution in [0.25, 0.3) is 0 Å². The van der Waals surface area contributed by atoms with Crippen molar-refractivity contribution in [1.82, 2.24) is 5.32 Å². The van der Waals surface area contributed by atoms with Crippen LogP contribution in [0.2, 0.25) is 5.02 Å². The molecule has 0 saturated carbocycles. The van der Waals surface area contributed by atoms with Gasteiger partial charge in [-0.15, -0.1) is 0 Å². The maximum atomic E-state index is 12.1. The van der Waals surface area contributed by atoms with Crippen molar-refractivity contribution in [3.63, 3.8) is 0 Å². The van der Waals surface area contributed by atoms with Gasteiger partial charge in [0.15, 0.2) is 0 Å². The second kappa shape index (κ2) is 6.44. The van der Waals surface area contributed by atoms with Crippen molar-refractivity contribution in [3.05, 3.63) is 64.2 Å². The second-order valence-corrected chi connectivity index (χ2v) is 5.11. The number of nitrogens with two attached hydrogens (primary N) is 1. The van der Waals surface area contributed by atoms with Gasteiger partial charge in [0.25, 0.3) is 5.91 Å². The molecular weight excluding hydrogens is 272 g/mol. The lowest BCUT2D eigenvalue weighted by Crippen LogP contribution is -2.27. The smallest absolute Gasteiger partial charge is 0.253 e. The van der Waals surface area contributed by atoms with Crippen molar-refractivity contribution in [2.24, 2.45) is 0 Å². The summed E-state index contributed by atoms with van der Waals surface area (Å²) in [4.78, 5) is 12.1. The molecule has 2 aromatic carbocycles. The predicted octanol–water partition coefficient (Wildman–Crippen LogP) is 3.20. The molecule has 0 heterocycles. The predicted molar refractivity (Wildman–Crippen MR) is 83.1 cm³/mol. The summed E-state index contributed by atoms with van der Waals surface area (Å²) in [6, 6.07) is 13.1. The van der Waals surface area contributed by atoms with Crippen LogP contribution in [0.3, 0.4) is 0 Å². The summed E-state index contributed by atoms with van der Waals surface area (Å²) < 4.78 is 0. The standard InChI is InChI=1S/C16H17ClN2O/c1-11-3-2-4-14(18)15(11)16(20)19-10-9-12-5-7-13(17)8-6-12/h2-8H,9-10,18H2,1H3,(H,19,20). The van der Waals surface area contributed by atoms with Crippen LogP contribution in [-0.2, 0) is 6.42 Å². The molecule has 0 aliphatic rings. The van der Waals surface area contributed by atoms with E-state index in [1.807, 2.05) is 43.3 Å². The monoisotopic (exact) mass is 288 g/mol. The van der Waals surface area contributed by atoms with Gasteiger partial charge >= 0.3 is 0 Å². The molecule has 0 radical (unpaired) electrons. The van der Waals surface area contributed by atoms with E-state index in [4.69, 9.17) is 17.3 Å². The number of rotatable bonds is 4. The number of benzene rings is 2. The molecular formula is C16H17ClN2O. The fourth-order valence-corrected chi connectivity index (χ4v) is 2.19. The minimum Gasteiger partial charge on any atom is -0.398 e. The average Bonchev–Trinajstić information content (AvgIpc) is 2.41. The Labute approximate surface area is 123 Å². The first-order chi connectivity index (χ1) is 9.58. The van der Waals surface area contributed by atoms with Gasteiger partial charge in [0.05, 0.1) is 5.56 Å². The van der Waals surface area contributed by atoms with E-state index in [1.54, 1.807) is 6.07 Å². The SMILES string of the molecule is Cc1cccc(N)c1C(=O)NCCc1ccc(Cl)cc1. The summed E-state index contributed by atoms with van der Waals surface area (Å²) in [5, 5.41) is 3.61. The van der Waals surface area contributed by atoms with Gasteiger partial charge in [-0.2, -0.15) is 0 Å². The second-order valence-electron chi connectivity index (χ2n) is 4.67. The number of halogens is 1. The Morgan fingerprint density at radius 1 is 1.20 bits per heavy atom. The zero-order valence-corrected chi connectivity index (χ0v) is 12.1. The number of aryl methyl sites for hydroxylation is 1. The van der Waals surface area contributed by atoms with Crippen molar-refractivity contribution in [2.75, 3.05) is 12.3 Å². The molecule has 104 valence electrons. The van der Waals surface area contributed by atoms with E-state index in [-0.39, 0.29) is 5.91 Å². The van der Waals surface area contributed by atoms with Crippen LogP contribution in [0, 0.1) is 6.92 Å². The summed E-state index contributed by atoms with van der Waals surface area (Å²) in [6.45, 7) is 2.44. The van der Waals surface area contributed by atoms with Crippen molar-refractivity contribution in [1.29, 1.82) is 0 Å². The molecule has 0 aliphatic carbocycles. The number of carbonyl (C=O) groups excluding carboxylic acids is 1. The molecule has 20 heavy (non-hydrogen) atoms. The quantitative estimate of drug-likeness (QED) is 0.849. The molecule has 0 aliphatic heterocycles. The lowest BCUT2D eigenvalue weighted by molar-refractivity contribution is 0.0954. The van der Waals surface area contributed by atoms with Gasteiger partial charge in [-0.05, 0) is 42.7 Å². The molecule has 1 amide bonds. The Kier molecular flexibility index (Phi) is 4.64. The van der Waals surface area contributed by atoms with Gasteiger partial charge in [-0.25, -0.2) is 0 Å². The summed E-state index contributed by atoms with van der Waals surface area (Å²) in [7, 11) is 0. The van der Waals surface area contributed by atoms with Crippen molar-refractivity contribution >= 4 is 23.2 Å². The first kappa shape index (κ1) is 14.4. The maximum absolute atomic E-state index is 12.1. The van der Waals surface area contributed by atoms with Crippen LogP contribution >= 0.6 is 11.6 Å². The van der Waals surface area contributed by atoms with Crippen molar-refractivity contribution in [2.45, 2.75) is 13.3 Å². The van der Waals surface area contributed by atoms with Crippen LogP contribution in [-0.4, -0.2) is 12.5 Å². The number of hydrogen-bond donors (Lipinski definition) is 2. The Bertz CT molecular complexity index is 588. The average molecular weight is 289 g/mol. The molecule has 0 aromatic heterocycles. The van der Waals surface area contributed by atoms with Crippen molar-refractivity contribution in [3.8, 4) is 0 Å². The highest BCUT2D eigenvalue weighted by molar-refractivity contribution is 6.30. The molecule has 2 rings (SSSR count). The topological polar surface area (TPSA) is 55.1 Å². The third kappa shape index (κ3) is 3.52. The first-order valence-corrected chi connectivity index (χ1v) is 6.83. The van der Waals surface area contributed by atoms with E-state index in [9.17, 15) is 4.79 Å². The Balaban J connectivity index is 1.94. The summed E-state index contributed by atoms with van der Waals surface area (Å²) in [5.41, 5.74) is 8.93. The number of anilines is 1. The molecule has 0 saturated heterocycles. The van der Waals surface area contributed by atoms with Gasteiger partial charge in [-0.1, -0.05) is 35.9 Å². The summed E-state index contributed by atoms with van der Waals surface area (Å²) in [6.07, 6.45) is 0.759. The zero-order valence-electron chi connectivity index (χ0n) is 11.3. The third-order valence-corrected chi connectivity index (χ3v) is 3.40. The van der Waals surface area contributed by atoms with Crippen molar-refractivity contribution < 1.29 is 4.79 Å². The molecule has 0 fully saturated rings. The number of nitrogens with one attached hydrogen (secondary N) is 1. The Morgan fingerprint density at radius 3 is 2.55 bits per heavy atom. The molecule has 0 spiro atoms. The maximum Gasteiger partial charge on any atom is 0.253 e. The van der Waals surface area contributed by atoms with E-state index < -0.39 is 0 Å². The van der Waals surface area contributed by atoms with E-state index in [0.717, 1.165) is 17.5 Å². The van der Waals surface area contributed by atoms with Crippen LogP contribution in [0.5, 0.6) is 0 Å². The lowest BCUT2D eigenvalue weighted by atomic mass is 10.1. The third-order valence-electron chi connectivity index (χ3n) is 3.14.